The van der Waals surface area contributed by atoms with Gasteiger partial charge >= 0.3 is 6.09 Å². The number of aryl methyl sites for hydroxylation is 1. The first-order chi connectivity index (χ1) is 10.8. The number of cyclic esters (lactones) is 1. The third-order valence-electron chi connectivity index (χ3n) is 5.26. The van der Waals surface area contributed by atoms with Gasteiger partial charge in [0.1, 0.15) is 0 Å². The van der Waals surface area contributed by atoms with Gasteiger partial charge in [-0.05, 0) is 51.3 Å². The van der Waals surface area contributed by atoms with Crippen molar-refractivity contribution in [2.75, 3.05) is 6.54 Å². The average Bonchev–Trinajstić information content (AvgIpc) is 2.95. The van der Waals surface area contributed by atoms with Crippen molar-refractivity contribution in [3.63, 3.8) is 0 Å². The lowest BCUT2D eigenvalue weighted by Crippen LogP contribution is -2.55. The predicted molar refractivity (Wildman–Crippen MR) is 89.2 cm³/mol. The van der Waals surface area contributed by atoms with Crippen LogP contribution in [-0.2, 0) is 11.2 Å². The van der Waals surface area contributed by atoms with Crippen LogP contribution in [0.3, 0.4) is 0 Å². The number of carbonyl (C=O) groups excluding carboxylic acids is 1. The SMILES string of the molecule is CC[C@]1(C)OC(=O)N(CCc2c[nH]c3ccc(C)cc23)[C@]1(C)O. The molecule has 23 heavy (non-hydrogen) atoms. The molecular formula is C18H24N2O3. The molecule has 1 amide bonds. The fourth-order valence-corrected chi connectivity index (χ4v) is 3.26. The van der Waals surface area contributed by atoms with E-state index < -0.39 is 17.4 Å². The van der Waals surface area contributed by atoms with Gasteiger partial charge in [-0.25, -0.2) is 4.79 Å². The number of fused-ring (bicyclic) bond motifs is 1. The standard InChI is InChI=1S/C18H24N2O3/c1-5-17(3)18(4,22)20(16(21)23-17)9-8-13-11-19-15-7-6-12(2)10-14(13)15/h6-7,10-11,19,22H,5,8-9H2,1-4H3/t17-,18+/m0/s1. The summed E-state index contributed by atoms with van der Waals surface area (Å²) in [5, 5.41) is 12.0. The maximum Gasteiger partial charge on any atom is 0.412 e. The van der Waals surface area contributed by atoms with E-state index in [4.69, 9.17) is 4.74 Å². The van der Waals surface area contributed by atoms with Gasteiger partial charge in [0.25, 0.3) is 0 Å². The molecule has 0 unspecified atom stereocenters. The summed E-state index contributed by atoms with van der Waals surface area (Å²) in [4.78, 5) is 16.9. The minimum Gasteiger partial charge on any atom is -0.438 e. The molecule has 5 nitrogen and oxygen atoms in total. The highest BCUT2D eigenvalue weighted by Gasteiger charge is 2.57. The molecule has 0 radical (unpaired) electrons. The number of nitrogens with one attached hydrogen (secondary N) is 1. The minimum absolute atomic E-state index is 0.419. The quantitative estimate of drug-likeness (QED) is 0.909. The van der Waals surface area contributed by atoms with Crippen LogP contribution in [0.15, 0.2) is 24.4 Å². The van der Waals surface area contributed by atoms with Crippen LogP contribution in [0.5, 0.6) is 0 Å². The molecule has 1 aromatic carbocycles. The Labute approximate surface area is 136 Å². The van der Waals surface area contributed by atoms with E-state index in [1.54, 1.807) is 13.8 Å². The summed E-state index contributed by atoms with van der Waals surface area (Å²) >= 11 is 0. The van der Waals surface area contributed by atoms with Gasteiger partial charge in [0.05, 0.1) is 0 Å². The summed E-state index contributed by atoms with van der Waals surface area (Å²) in [6.07, 6.45) is 2.75. The number of nitrogens with zero attached hydrogens (tertiary/aromatic N) is 1. The van der Waals surface area contributed by atoms with Crippen molar-refractivity contribution in [2.24, 2.45) is 0 Å². The lowest BCUT2D eigenvalue weighted by atomic mass is 9.90. The van der Waals surface area contributed by atoms with E-state index in [1.165, 1.54) is 10.5 Å². The number of hydrogen-bond acceptors (Lipinski definition) is 3. The molecule has 2 N–H and O–H groups in total. The molecule has 0 bridgehead atoms. The Bertz CT molecular complexity index is 750. The van der Waals surface area contributed by atoms with Crippen molar-refractivity contribution in [2.45, 2.75) is 51.9 Å². The maximum absolute atomic E-state index is 12.2. The van der Waals surface area contributed by atoms with Gasteiger partial charge in [0, 0.05) is 23.6 Å². The van der Waals surface area contributed by atoms with E-state index in [2.05, 4.69) is 30.1 Å². The lowest BCUT2D eigenvalue weighted by Gasteiger charge is -2.36. The number of aromatic amines is 1. The van der Waals surface area contributed by atoms with E-state index in [0.29, 0.717) is 19.4 Å². The smallest absolute Gasteiger partial charge is 0.412 e. The third-order valence-corrected chi connectivity index (χ3v) is 5.26. The third kappa shape index (κ3) is 2.39. The summed E-state index contributed by atoms with van der Waals surface area (Å²) in [5.41, 5.74) is 1.24. The topological polar surface area (TPSA) is 65.6 Å². The monoisotopic (exact) mass is 316 g/mol. The molecule has 1 aliphatic rings. The fraction of sp³-hybridized carbons (Fsp3) is 0.500. The number of amides is 1. The molecule has 1 aliphatic heterocycles. The van der Waals surface area contributed by atoms with E-state index >= 15 is 0 Å². The van der Waals surface area contributed by atoms with Crippen LogP contribution in [0.4, 0.5) is 4.79 Å². The number of hydrogen-bond donors (Lipinski definition) is 2. The number of H-pyrrole nitrogens is 1. The van der Waals surface area contributed by atoms with Crippen molar-refractivity contribution in [1.82, 2.24) is 9.88 Å². The minimum atomic E-state index is -1.30. The van der Waals surface area contributed by atoms with Crippen LogP contribution < -0.4 is 0 Å². The highest BCUT2D eigenvalue weighted by Crippen LogP contribution is 2.39. The molecule has 3 rings (SSSR count). The summed E-state index contributed by atoms with van der Waals surface area (Å²) in [5.74, 6) is 0. The predicted octanol–water partition coefficient (Wildman–Crippen LogP) is 3.35. The van der Waals surface area contributed by atoms with Crippen molar-refractivity contribution in [3.8, 4) is 0 Å². The summed E-state index contributed by atoms with van der Waals surface area (Å²) in [6, 6.07) is 6.26. The van der Waals surface area contributed by atoms with Gasteiger partial charge < -0.3 is 14.8 Å². The van der Waals surface area contributed by atoms with Crippen LogP contribution in [0.25, 0.3) is 10.9 Å². The van der Waals surface area contributed by atoms with Crippen molar-refractivity contribution in [3.05, 3.63) is 35.5 Å². The van der Waals surface area contributed by atoms with Gasteiger partial charge in [-0.1, -0.05) is 18.6 Å². The van der Waals surface area contributed by atoms with Gasteiger partial charge in [-0.2, -0.15) is 0 Å². The molecule has 1 aromatic heterocycles. The number of aliphatic hydroxyl groups is 1. The van der Waals surface area contributed by atoms with Crippen LogP contribution in [0.2, 0.25) is 0 Å². The Morgan fingerprint density at radius 3 is 2.74 bits per heavy atom. The zero-order valence-electron chi connectivity index (χ0n) is 14.1. The van der Waals surface area contributed by atoms with E-state index in [9.17, 15) is 9.90 Å². The zero-order valence-corrected chi connectivity index (χ0v) is 14.1. The van der Waals surface area contributed by atoms with E-state index in [-0.39, 0.29) is 0 Å². The number of ether oxygens (including phenoxy) is 1. The van der Waals surface area contributed by atoms with Crippen molar-refractivity contribution >= 4 is 17.0 Å². The first-order valence-corrected chi connectivity index (χ1v) is 8.08. The molecule has 1 saturated heterocycles. The number of aromatic nitrogens is 1. The highest BCUT2D eigenvalue weighted by molar-refractivity contribution is 5.84. The lowest BCUT2D eigenvalue weighted by molar-refractivity contribution is -0.137. The fourth-order valence-electron chi connectivity index (χ4n) is 3.26. The molecule has 1 fully saturated rings. The first kappa shape index (κ1) is 15.9. The van der Waals surface area contributed by atoms with Crippen LogP contribution in [-0.4, -0.2) is 39.0 Å². The molecule has 0 saturated carbocycles. The Morgan fingerprint density at radius 2 is 2.09 bits per heavy atom. The number of carbonyl (C=O) groups is 1. The van der Waals surface area contributed by atoms with Gasteiger partial charge in [0.15, 0.2) is 11.3 Å². The van der Waals surface area contributed by atoms with Crippen LogP contribution >= 0.6 is 0 Å². The second kappa shape index (κ2) is 5.27. The molecule has 124 valence electrons. The molecule has 0 spiro atoms. The summed E-state index contributed by atoms with van der Waals surface area (Å²) < 4.78 is 5.43. The Balaban J connectivity index is 1.82. The largest absolute Gasteiger partial charge is 0.438 e. The molecule has 5 heteroatoms. The summed E-state index contributed by atoms with van der Waals surface area (Å²) in [6.45, 7) is 7.82. The maximum atomic E-state index is 12.2. The normalized spacial score (nSPS) is 27.7. The molecule has 2 atom stereocenters. The van der Waals surface area contributed by atoms with Gasteiger partial charge in [-0.15, -0.1) is 0 Å². The van der Waals surface area contributed by atoms with Gasteiger partial charge in [0.2, 0.25) is 0 Å². The van der Waals surface area contributed by atoms with Crippen LogP contribution in [0.1, 0.15) is 38.3 Å². The number of benzene rings is 1. The van der Waals surface area contributed by atoms with E-state index in [1.807, 2.05) is 13.1 Å². The first-order valence-electron chi connectivity index (χ1n) is 8.08. The van der Waals surface area contributed by atoms with E-state index in [0.717, 1.165) is 16.5 Å². The zero-order chi connectivity index (χ0) is 16.8. The molecular weight excluding hydrogens is 292 g/mol. The van der Waals surface area contributed by atoms with Crippen molar-refractivity contribution in [1.29, 1.82) is 0 Å². The Hall–Kier alpha value is -2.01. The average molecular weight is 316 g/mol. The highest BCUT2D eigenvalue weighted by atomic mass is 16.6. The van der Waals surface area contributed by atoms with Crippen LogP contribution in [0, 0.1) is 6.92 Å². The molecule has 2 aromatic rings. The number of rotatable bonds is 4. The van der Waals surface area contributed by atoms with Crippen molar-refractivity contribution < 1.29 is 14.6 Å². The Kier molecular flexibility index (Phi) is 3.64. The second-order valence-corrected chi connectivity index (χ2v) is 6.74. The second-order valence-electron chi connectivity index (χ2n) is 6.74. The van der Waals surface area contributed by atoms with Gasteiger partial charge in [-0.3, -0.25) is 4.90 Å². The summed E-state index contributed by atoms with van der Waals surface area (Å²) in [7, 11) is 0. The molecule has 2 heterocycles. The molecule has 0 aliphatic carbocycles. The Morgan fingerprint density at radius 1 is 1.35 bits per heavy atom.